The number of amides is 1. The van der Waals surface area contributed by atoms with E-state index in [2.05, 4.69) is 14.7 Å². The Balaban J connectivity index is 1.64. The Bertz CT molecular complexity index is 1070. The van der Waals surface area contributed by atoms with Crippen LogP contribution in [0.3, 0.4) is 0 Å². The summed E-state index contributed by atoms with van der Waals surface area (Å²) in [5, 5.41) is 0. The van der Waals surface area contributed by atoms with Crippen LogP contribution in [0.25, 0.3) is 0 Å². The van der Waals surface area contributed by atoms with Gasteiger partial charge in [0.25, 0.3) is 5.91 Å². The highest BCUT2D eigenvalue weighted by Crippen LogP contribution is 2.35. The molecule has 0 bridgehead atoms. The van der Waals surface area contributed by atoms with Crippen molar-refractivity contribution >= 4 is 5.91 Å². The SMILES string of the molecule is Cc1cnc(C2CCCN2C(=O)c2ccccc2OC(F)(F)F)n1Cc1cccnc1. The van der Waals surface area contributed by atoms with Gasteiger partial charge in [-0.3, -0.25) is 9.78 Å². The predicted octanol–water partition coefficient (Wildman–Crippen LogP) is 4.51. The Morgan fingerprint density at radius 1 is 1.19 bits per heavy atom. The van der Waals surface area contributed by atoms with Crippen LogP contribution in [-0.4, -0.2) is 38.2 Å². The van der Waals surface area contributed by atoms with Crippen molar-refractivity contribution in [2.24, 2.45) is 0 Å². The maximum absolute atomic E-state index is 13.2. The van der Waals surface area contributed by atoms with Crippen molar-refractivity contribution in [1.82, 2.24) is 19.4 Å². The summed E-state index contributed by atoms with van der Waals surface area (Å²) in [6.45, 7) is 2.91. The van der Waals surface area contributed by atoms with Crippen molar-refractivity contribution in [1.29, 1.82) is 0 Å². The molecule has 3 aromatic rings. The fourth-order valence-corrected chi connectivity index (χ4v) is 3.92. The standard InChI is InChI=1S/C22H21F3N4O2/c1-15-12-27-20(29(15)14-16-6-4-10-26-13-16)18-8-5-11-28(18)21(30)17-7-2-3-9-19(17)31-22(23,24)25/h2-4,6-7,9-10,12-13,18H,5,8,11,14H2,1H3. The number of ether oxygens (including phenoxy) is 1. The van der Waals surface area contributed by atoms with E-state index in [1.165, 1.54) is 18.2 Å². The normalized spacial score (nSPS) is 16.5. The zero-order chi connectivity index (χ0) is 22.0. The number of hydrogen-bond donors (Lipinski definition) is 0. The summed E-state index contributed by atoms with van der Waals surface area (Å²) in [5.41, 5.74) is 1.80. The number of benzene rings is 1. The van der Waals surface area contributed by atoms with Crippen LogP contribution in [0.5, 0.6) is 5.75 Å². The number of halogens is 3. The third kappa shape index (κ3) is 4.55. The minimum Gasteiger partial charge on any atom is -0.405 e. The quantitative estimate of drug-likeness (QED) is 0.598. The van der Waals surface area contributed by atoms with Crippen LogP contribution in [0.2, 0.25) is 0 Å². The summed E-state index contributed by atoms with van der Waals surface area (Å²) >= 11 is 0. The molecule has 162 valence electrons. The van der Waals surface area contributed by atoms with E-state index in [1.54, 1.807) is 23.5 Å². The molecule has 1 aliphatic heterocycles. The molecule has 4 rings (SSSR count). The van der Waals surface area contributed by atoms with Crippen molar-refractivity contribution in [2.75, 3.05) is 6.54 Å². The number of likely N-dealkylation sites (tertiary alicyclic amines) is 1. The molecule has 2 aromatic heterocycles. The number of aryl methyl sites for hydroxylation is 1. The van der Waals surface area contributed by atoms with Gasteiger partial charge in [0.2, 0.25) is 0 Å². The van der Waals surface area contributed by atoms with Crippen molar-refractivity contribution in [3.05, 3.63) is 77.6 Å². The van der Waals surface area contributed by atoms with Crippen molar-refractivity contribution in [3.8, 4) is 5.75 Å². The number of nitrogens with zero attached hydrogens (tertiary/aromatic N) is 4. The topological polar surface area (TPSA) is 60.3 Å². The van der Waals surface area contributed by atoms with Crippen LogP contribution in [0.15, 0.2) is 55.0 Å². The Hall–Kier alpha value is -3.36. The number of pyridine rings is 1. The maximum atomic E-state index is 13.2. The maximum Gasteiger partial charge on any atom is 0.573 e. The minimum atomic E-state index is -4.88. The second-order valence-corrected chi connectivity index (χ2v) is 7.41. The van der Waals surface area contributed by atoms with Crippen LogP contribution in [0.4, 0.5) is 13.2 Å². The summed E-state index contributed by atoms with van der Waals surface area (Å²) in [5.74, 6) is -0.294. The van der Waals surface area contributed by atoms with Gasteiger partial charge in [-0.2, -0.15) is 0 Å². The summed E-state index contributed by atoms with van der Waals surface area (Å²) < 4.78 is 44.5. The number of imidazole rings is 1. The number of alkyl halides is 3. The van der Waals surface area contributed by atoms with Gasteiger partial charge < -0.3 is 14.2 Å². The van der Waals surface area contributed by atoms with Gasteiger partial charge in [0.15, 0.2) is 0 Å². The molecule has 0 N–H and O–H groups in total. The molecular weight excluding hydrogens is 409 g/mol. The Kier molecular flexibility index (Phi) is 5.67. The summed E-state index contributed by atoms with van der Waals surface area (Å²) in [4.78, 5) is 23.5. The lowest BCUT2D eigenvalue weighted by Crippen LogP contribution is -2.33. The first-order chi connectivity index (χ1) is 14.8. The highest BCUT2D eigenvalue weighted by atomic mass is 19.4. The van der Waals surface area contributed by atoms with Gasteiger partial charge >= 0.3 is 6.36 Å². The molecule has 1 saturated heterocycles. The highest BCUT2D eigenvalue weighted by molar-refractivity contribution is 5.97. The number of para-hydroxylation sites is 1. The van der Waals surface area contributed by atoms with Gasteiger partial charge in [-0.1, -0.05) is 18.2 Å². The average Bonchev–Trinajstić information content (AvgIpc) is 3.35. The Morgan fingerprint density at radius 3 is 2.74 bits per heavy atom. The first-order valence-electron chi connectivity index (χ1n) is 9.90. The largest absolute Gasteiger partial charge is 0.573 e. The lowest BCUT2D eigenvalue weighted by atomic mass is 10.1. The van der Waals surface area contributed by atoms with Crippen molar-refractivity contribution in [2.45, 2.75) is 38.7 Å². The number of hydrogen-bond acceptors (Lipinski definition) is 4. The van der Waals surface area contributed by atoms with Crippen molar-refractivity contribution < 1.29 is 22.7 Å². The Labute approximate surface area is 177 Å². The predicted molar refractivity (Wildman–Crippen MR) is 106 cm³/mol. The Morgan fingerprint density at radius 2 is 2.00 bits per heavy atom. The highest BCUT2D eigenvalue weighted by Gasteiger charge is 2.37. The van der Waals surface area contributed by atoms with Gasteiger partial charge in [0.05, 0.1) is 18.2 Å². The first kappa shape index (κ1) is 20.9. The summed E-state index contributed by atoms with van der Waals surface area (Å²) in [6, 6.07) is 8.91. The molecule has 0 saturated carbocycles. The fraction of sp³-hybridized carbons (Fsp3) is 0.318. The van der Waals surface area contributed by atoms with Crippen LogP contribution in [0.1, 0.15) is 46.3 Å². The third-order valence-corrected chi connectivity index (χ3v) is 5.30. The van der Waals surface area contributed by atoms with E-state index in [-0.39, 0.29) is 11.6 Å². The average molecular weight is 430 g/mol. The molecule has 3 heterocycles. The van der Waals surface area contributed by atoms with Crippen LogP contribution in [0, 0.1) is 6.92 Å². The zero-order valence-electron chi connectivity index (χ0n) is 16.8. The minimum absolute atomic E-state index is 0.117. The number of aromatic nitrogens is 3. The van der Waals surface area contributed by atoms with Gasteiger partial charge in [-0.25, -0.2) is 4.98 Å². The summed E-state index contributed by atoms with van der Waals surface area (Å²) in [7, 11) is 0. The summed E-state index contributed by atoms with van der Waals surface area (Å²) in [6.07, 6.45) is 1.74. The van der Waals surface area contributed by atoms with E-state index in [0.29, 0.717) is 25.3 Å². The molecule has 1 atom stereocenters. The third-order valence-electron chi connectivity index (χ3n) is 5.30. The van der Waals surface area contributed by atoms with Crippen LogP contribution < -0.4 is 4.74 Å². The van der Waals surface area contributed by atoms with Gasteiger partial charge in [-0.05, 0) is 43.5 Å². The molecular formula is C22H21F3N4O2. The monoisotopic (exact) mass is 430 g/mol. The van der Waals surface area contributed by atoms with Gasteiger partial charge in [0, 0.05) is 30.8 Å². The molecule has 0 spiro atoms. The fourth-order valence-electron chi connectivity index (χ4n) is 3.92. The zero-order valence-corrected chi connectivity index (χ0v) is 16.8. The van der Waals surface area contributed by atoms with Gasteiger partial charge in [-0.15, -0.1) is 13.2 Å². The van der Waals surface area contributed by atoms with Gasteiger partial charge in [0.1, 0.15) is 11.6 Å². The number of carbonyl (C=O) groups is 1. The first-order valence-corrected chi connectivity index (χ1v) is 9.90. The molecule has 9 heteroatoms. The molecule has 1 fully saturated rings. The number of carbonyl (C=O) groups excluding carboxylic acids is 1. The molecule has 0 radical (unpaired) electrons. The van der Waals surface area contributed by atoms with Crippen LogP contribution in [-0.2, 0) is 6.54 Å². The van der Waals surface area contributed by atoms with Crippen LogP contribution >= 0.6 is 0 Å². The van der Waals surface area contributed by atoms with E-state index in [9.17, 15) is 18.0 Å². The molecule has 1 unspecified atom stereocenters. The molecule has 31 heavy (non-hydrogen) atoms. The smallest absolute Gasteiger partial charge is 0.405 e. The lowest BCUT2D eigenvalue weighted by Gasteiger charge is -2.26. The molecule has 6 nitrogen and oxygen atoms in total. The molecule has 1 aromatic carbocycles. The van der Waals surface area contributed by atoms with E-state index >= 15 is 0 Å². The second kappa shape index (κ2) is 8.41. The number of rotatable bonds is 5. The van der Waals surface area contributed by atoms with Crippen molar-refractivity contribution in [3.63, 3.8) is 0 Å². The van der Waals surface area contributed by atoms with E-state index in [4.69, 9.17) is 0 Å². The van der Waals surface area contributed by atoms with E-state index in [1.807, 2.05) is 23.6 Å². The molecule has 1 amide bonds. The van der Waals surface area contributed by atoms with E-state index < -0.39 is 18.0 Å². The second-order valence-electron chi connectivity index (χ2n) is 7.41. The molecule has 0 aliphatic carbocycles. The lowest BCUT2D eigenvalue weighted by molar-refractivity contribution is -0.274. The van der Waals surface area contributed by atoms with E-state index in [0.717, 1.165) is 23.7 Å². The molecule has 1 aliphatic rings.